The van der Waals surface area contributed by atoms with Gasteiger partial charge in [0.25, 0.3) is 0 Å². The molecule has 0 aliphatic heterocycles. The Kier molecular flexibility index (Phi) is 5.31. The minimum atomic E-state index is 0.0833. The smallest absolute Gasteiger partial charge is 0.128 e. The van der Waals surface area contributed by atoms with Gasteiger partial charge in [0.05, 0.1) is 19.4 Å². The Morgan fingerprint density at radius 2 is 1.76 bits per heavy atom. The van der Waals surface area contributed by atoms with E-state index in [4.69, 9.17) is 9.84 Å². The van der Waals surface area contributed by atoms with Crippen molar-refractivity contribution in [3.8, 4) is 5.75 Å². The molecule has 0 amide bonds. The number of nitrogens with zero attached hydrogens (tertiary/aromatic N) is 1. The molecule has 112 valence electrons. The predicted molar refractivity (Wildman–Crippen MR) is 83.2 cm³/mol. The number of benzene rings is 1. The molecule has 0 unspecified atom stereocenters. The maximum Gasteiger partial charge on any atom is 0.128 e. The lowest BCUT2D eigenvalue weighted by molar-refractivity contribution is 0.282. The third-order valence-electron chi connectivity index (χ3n) is 3.58. The molecule has 0 atom stereocenters. The first kappa shape index (κ1) is 15.5. The monoisotopic (exact) mass is 286 g/mol. The Bertz CT molecular complexity index is 594. The lowest BCUT2D eigenvalue weighted by Gasteiger charge is -2.13. The summed E-state index contributed by atoms with van der Waals surface area (Å²) in [4.78, 5) is 4.47. The topological polar surface area (TPSA) is 54.4 Å². The summed E-state index contributed by atoms with van der Waals surface area (Å²) in [6.07, 6.45) is 1.85. The van der Waals surface area contributed by atoms with Gasteiger partial charge in [-0.05, 0) is 25.0 Å². The second kappa shape index (κ2) is 7.20. The van der Waals surface area contributed by atoms with Crippen molar-refractivity contribution in [2.45, 2.75) is 33.5 Å². The summed E-state index contributed by atoms with van der Waals surface area (Å²) in [6.45, 7) is 5.58. The highest BCUT2D eigenvalue weighted by Crippen LogP contribution is 2.23. The van der Waals surface area contributed by atoms with Crippen LogP contribution in [0.2, 0.25) is 0 Å². The molecule has 0 bridgehead atoms. The van der Waals surface area contributed by atoms with E-state index in [1.165, 1.54) is 5.56 Å². The zero-order chi connectivity index (χ0) is 15.2. The molecule has 0 aliphatic carbocycles. The summed E-state index contributed by atoms with van der Waals surface area (Å²) in [5, 5.41) is 12.4. The Morgan fingerprint density at radius 1 is 1.10 bits per heavy atom. The molecule has 1 aromatic carbocycles. The number of aryl methyl sites for hydroxylation is 1. The molecule has 0 saturated carbocycles. The van der Waals surface area contributed by atoms with Crippen molar-refractivity contribution < 1.29 is 9.84 Å². The highest BCUT2D eigenvalue weighted by molar-refractivity contribution is 5.41. The van der Waals surface area contributed by atoms with E-state index in [0.29, 0.717) is 6.54 Å². The first-order valence-corrected chi connectivity index (χ1v) is 7.04. The summed E-state index contributed by atoms with van der Waals surface area (Å²) in [7, 11) is 1.69. The fourth-order valence-electron chi connectivity index (χ4n) is 2.34. The van der Waals surface area contributed by atoms with Gasteiger partial charge in [-0.15, -0.1) is 0 Å². The predicted octanol–water partition coefficient (Wildman–Crippen LogP) is 2.49. The van der Waals surface area contributed by atoms with Gasteiger partial charge in [-0.1, -0.05) is 24.3 Å². The number of aliphatic hydroxyl groups is 1. The molecule has 0 saturated heterocycles. The molecular weight excluding hydrogens is 264 g/mol. The van der Waals surface area contributed by atoms with Crippen molar-refractivity contribution in [2.75, 3.05) is 7.11 Å². The third kappa shape index (κ3) is 3.80. The lowest BCUT2D eigenvalue weighted by Crippen LogP contribution is -2.15. The summed E-state index contributed by atoms with van der Waals surface area (Å²) >= 11 is 0. The quantitative estimate of drug-likeness (QED) is 0.856. The SMILES string of the molecule is COc1c(C)cnc(CNCc2ccc(CO)cc2)c1C. The van der Waals surface area contributed by atoms with Crippen molar-refractivity contribution in [1.82, 2.24) is 10.3 Å². The second-order valence-electron chi connectivity index (χ2n) is 5.12. The van der Waals surface area contributed by atoms with Crippen LogP contribution in [0.3, 0.4) is 0 Å². The number of methoxy groups -OCH3 is 1. The van der Waals surface area contributed by atoms with E-state index in [2.05, 4.69) is 10.3 Å². The van der Waals surface area contributed by atoms with Crippen LogP contribution in [0.15, 0.2) is 30.5 Å². The molecule has 2 N–H and O–H groups in total. The normalized spacial score (nSPS) is 10.7. The minimum absolute atomic E-state index is 0.0833. The number of nitrogens with one attached hydrogen (secondary N) is 1. The molecular formula is C17H22N2O2. The highest BCUT2D eigenvalue weighted by Gasteiger charge is 2.08. The van der Waals surface area contributed by atoms with Gasteiger partial charge in [0.15, 0.2) is 0 Å². The fourth-order valence-corrected chi connectivity index (χ4v) is 2.34. The van der Waals surface area contributed by atoms with Crippen LogP contribution in [0.1, 0.15) is 27.9 Å². The minimum Gasteiger partial charge on any atom is -0.496 e. The number of hydrogen-bond acceptors (Lipinski definition) is 4. The van der Waals surface area contributed by atoms with Crippen molar-refractivity contribution >= 4 is 0 Å². The molecule has 2 rings (SSSR count). The van der Waals surface area contributed by atoms with Gasteiger partial charge in [0.2, 0.25) is 0 Å². The number of aliphatic hydroxyl groups excluding tert-OH is 1. The molecule has 4 heteroatoms. The van der Waals surface area contributed by atoms with E-state index in [1.807, 2.05) is 44.3 Å². The van der Waals surface area contributed by atoms with Gasteiger partial charge in [-0.3, -0.25) is 4.98 Å². The molecule has 0 spiro atoms. The second-order valence-corrected chi connectivity index (χ2v) is 5.12. The summed E-state index contributed by atoms with van der Waals surface area (Å²) in [5.41, 5.74) is 5.26. The van der Waals surface area contributed by atoms with E-state index in [0.717, 1.165) is 34.7 Å². The Morgan fingerprint density at radius 3 is 2.38 bits per heavy atom. The molecule has 1 aromatic heterocycles. The molecule has 21 heavy (non-hydrogen) atoms. The molecule has 0 fully saturated rings. The molecule has 0 radical (unpaired) electrons. The van der Waals surface area contributed by atoms with E-state index >= 15 is 0 Å². The molecule has 0 aliphatic rings. The van der Waals surface area contributed by atoms with E-state index in [1.54, 1.807) is 7.11 Å². The third-order valence-corrected chi connectivity index (χ3v) is 3.58. The Labute approximate surface area is 125 Å². The van der Waals surface area contributed by atoms with Gasteiger partial charge in [0, 0.05) is 30.4 Å². The first-order chi connectivity index (χ1) is 10.2. The Balaban J connectivity index is 1.97. The van der Waals surface area contributed by atoms with Crippen LogP contribution in [-0.4, -0.2) is 17.2 Å². The fraction of sp³-hybridized carbons (Fsp3) is 0.353. The van der Waals surface area contributed by atoms with Crippen molar-refractivity contribution in [3.05, 3.63) is 58.4 Å². The maximum atomic E-state index is 9.02. The number of aromatic nitrogens is 1. The van der Waals surface area contributed by atoms with Gasteiger partial charge < -0.3 is 15.2 Å². The average Bonchev–Trinajstić information content (AvgIpc) is 2.51. The van der Waals surface area contributed by atoms with Crippen LogP contribution in [0, 0.1) is 13.8 Å². The zero-order valence-electron chi connectivity index (χ0n) is 12.8. The van der Waals surface area contributed by atoms with Gasteiger partial charge in [0.1, 0.15) is 5.75 Å². The van der Waals surface area contributed by atoms with Crippen LogP contribution in [0.5, 0.6) is 5.75 Å². The molecule has 1 heterocycles. The molecule has 2 aromatic rings. The van der Waals surface area contributed by atoms with Gasteiger partial charge >= 0.3 is 0 Å². The first-order valence-electron chi connectivity index (χ1n) is 7.04. The van der Waals surface area contributed by atoms with Gasteiger partial charge in [-0.25, -0.2) is 0 Å². The Hall–Kier alpha value is -1.91. The van der Waals surface area contributed by atoms with Crippen LogP contribution in [-0.2, 0) is 19.7 Å². The number of ether oxygens (including phenoxy) is 1. The van der Waals surface area contributed by atoms with Crippen LogP contribution in [0.4, 0.5) is 0 Å². The number of rotatable bonds is 6. The summed E-state index contributed by atoms with van der Waals surface area (Å²) in [6, 6.07) is 7.92. The standard InChI is InChI=1S/C17H22N2O2/c1-12-8-19-16(13(2)17(12)21-3)10-18-9-14-4-6-15(11-20)7-5-14/h4-8,18,20H,9-11H2,1-3H3. The number of hydrogen-bond donors (Lipinski definition) is 2. The number of pyridine rings is 1. The van der Waals surface area contributed by atoms with E-state index < -0.39 is 0 Å². The molecule has 4 nitrogen and oxygen atoms in total. The van der Waals surface area contributed by atoms with E-state index in [-0.39, 0.29) is 6.61 Å². The summed E-state index contributed by atoms with van der Waals surface area (Å²) < 4.78 is 5.42. The largest absolute Gasteiger partial charge is 0.496 e. The lowest BCUT2D eigenvalue weighted by atomic mass is 10.1. The van der Waals surface area contributed by atoms with Crippen LogP contribution in [0.25, 0.3) is 0 Å². The van der Waals surface area contributed by atoms with Crippen molar-refractivity contribution in [1.29, 1.82) is 0 Å². The van der Waals surface area contributed by atoms with Crippen molar-refractivity contribution in [3.63, 3.8) is 0 Å². The van der Waals surface area contributed by atoms with Crippen LogP contribution >= 0.6 is 0 Å². The summed E-state index contributed by atoms with van der Waals surface area (Å²) in [5.74, 6) is 0.911. The highest BCUT2D eigenvalue weighted by atomic mass is 16.5. The van der Waals surface area contributed by atoms with E-state index in [9.17, 15) is 0 Å². The van der Waals surface area contributed by atoms with Crippen molar-refractivity contribution in [2.24, 2.45) is 0 Å². The average molecular weight is 286 g/mol. The van der Waals surface area contributed by atoms with Crippen LogP contribution < -0.4 is 10.1 Å². The van der Waals surface area contributed by atoms with Gasteiger partial charge in [-0.2, -0.15) is 0 Å². The maximum absolute atomic E-state index is 9.02. The zero-order valence-corrected chi connectivity index (χ0v) is 12.8.